The van der Waals surface area contributed by atoms with Gasteiger partial charge in [0.25, 0.3) is 0 Å². The Morgan fingerprint density at radius 1 is 0.250 bits per heavy atom. The molecule has 0 aliphatic carbocycles. The Morgan fingerprint density at radius 3 is 0.625 bits per heavy atom. The average molecular weight is 659 g/mol. The Hall–Kier alpha value is -5.70. The number of aromatic nitrogens is 4. The first kappa shape index (κ1) is 29.7. The molecule has 230 valence electrons. The molecule has 6 nitrogen and oxygen atoms in total. The predicted molar refractivity (Wildman–Crippen MR) is 195 cm³/mol. The number of rotatable bonds is 7. The minimum absolute atomic E-state index is 0.467. The third-order valence-electron chi connectivity index (χ3n) is 8.11. The van der Waals surface area contributed by atoms with E-state index in [4.69, 9.17) is 8.83 Å². The van der Waals surface area contributed by atoms with Crippen molar-refractivity contribution in [2.75, 3.05) is 0 Å². The van der Waals surface area contributed by atoms with Crippen LogP contribution in [0.4, 0.5) is 0 Å². The summed E-state index contributed by atoms with van der Waals surface area (Å²) in [6, 6.07) is 48.4. The molecule has 0 saturated heterocycles. The first-order valence-electron chi connectivity index (χ1n) is 15.2. The van der Waals surface area contributed by atoms with Crippen LogP contribution in [-0.2, 0) is 0 Å². The Bertz CT molecular complexity index is 2140. The van der Waals surface area contributed by atoms with Crippen LogP contribution in [0.25, 0.3) is 79.2 Å². The third kappa shape index (κ3) is 6.19. The first-order chi connectivity index (χ1) is 23.6. The van der Waals surface area contributed by atoms with Gasteiger partial charge in [0.1, 0.15) is 0 Å². The highest BCUT2D eigenvalue weighted by atomic mass is 32.1. The fraction of sp³-hybridized carbons (Fsp3) is 0. The Morgan fingerprint density at radius 2 is 0.417 bits per heavy atom. The predicted octanol–water partition coefficient (Wildman–Crippen LogP) is 10.7. The molecular weight excluding hydrogens is 633 g/mol. The second-order valence-corrected chi connectivity index (χ2v) is 12.3. The molecule has 0 N–H and O–H groups in total. The molecule has 6 aromatic carbocycles. The summed E-state index contributed by atoms with van der Waals surface area (Å²) in [5, 5.41) is 17.2. The molecule has 2 heterocycles. The van der Waals surface area contributed by atoms with Gasteiger partial charge in [-0.1, -0.05) is 72.8 Å². The molecule has 8 aromatic rings. The SMILES string of the molecule is Sc1ccc(-c2ccc(-c3nnc(-c4ccc(-c5ccc(-c6nnc(-c7ccc(-c8ccc(S)cc8)cc7)o6)cc5)cc4)o3)cc2)cc1. The molecule has 48 heavy (non-hydrogen) atoms. The largest absolute Gasteiger partial charge is 0.416 e. The van der Waals surface area contributed by atoms with Gasteiger partial charge in [0.15, 0.2) is 0 Å². The van der Waals surface area contributed by atoms with Crippen molar-refractivity contribution in [2.24, 2.45) is 0 Å². The molecule has 0 aliphatic heterocycles. The lowest BCUT2D eigenvalue weighted by atomic mass is 10.0. The van der Waals surface area contributed by atoms with Crippen LogP contribution in [0.1, 0.15) is 0 Å². The highest BCUT2D eigenvalue weighted by Crippen LogP contribution is 2.31. The summed E-state index contributed by atoms with van der Waals surface area (Å²) in [6.07, 6.45) is 0. The quantitative estimate of drug-likeness (QED) is 0.166. The maximum Gasteiger partial charge on any atom is 0.248 e. The van der Waals surface area contributed by atoms with Crippen LogP contribution in [-0.4, -0.2) is 20.4 Å². The molecule has 0 bridgehead atoms. The third-order valence-corrected chi connectivity index (χ3v) is 8.71. The normalized spacial score (nSPS) is 11.1. The standard InChI is InChI=1S/C40H26N4O2S2/c47-35-21-17-29(18-22-35)27-5-13-33(14-6-27)39-43-41-37(45-39)31-9-1-25(2-10-31)26-3-11-32(12-4-26)38-42-44-40(46-38)34-15-7-28(8-16-34)30-19-23-36(48)24-20-30/h1-24,47-48H. The molecular formula is C40H26N4O2S2. The average Bonchev–Trinajstić information content (AvgIpc) is 3.84. The number of hydrogen-bond acceptors (Lipinski definition) is 8. The highest BCUT2D eigenvalue weighted by molar-refractivity contribution is 7.80. The fourth-order valence-electron chi connectivity index (χ4n) is 5.44. The Kier molecular flexibility index (Phi) is 7.94. The summed E-state index contributed by atoms with van der Waals surface area (Å²) >= 11 is 8.73. The summed E-state index contributed by atoms with van der Waals surface area (Å²) < 4.78 is 12.1. The Balaban J connectivity index is 0.934. The van der Waals surface area contributed by atoms with Gasteiger partial charge in [-0.2, -0.15) is 0 Å². The van der Waals surface area contributed by atoms with E-state index in [2.05, 4.69) is 69.9 Å². The van der Waals surface area contributed by atoms with Gasteiger partial charge in [-0.3, -0.25) is 0 Å². The smallest absolute Gasteiger partial charge is 0.248 e. The van der Waals surface area contributed by atoms with Crippen molar-refractivity contribution in [1.29, 1.82) is 0 Å². The van der Waals surface area contributed by atoms with E-state index in [0.29, 0.717) is 23.6 Å². The number of hydrogen-bond donors (Lipinski definition) is 2. The molecule has 0 atom stereocenters. The molecule has 0 saturated carbocycles. The topological polar surface area (TPSA) is 77.8 Å². The number of thiol groups is 2. The van der Waals surface area contributed by atoms with E-state index in [-0.39, 0.29) is 0 Å². The summed E-state index contributed by atoms with van der Waals surface area (Å²) in [5.41, 5.74) is 10.00. The summed E-state index contributed by atoms with van der Waals surface area (Å²) in [6.45, 7) is 0. The zero-order chi connectivity index (χ0) is 32.5. The van der Waals surface area contributed by atoms with Gasteiger partial charge < -0.3 is 8.83 Å². The fourth-order valence-corrected chi connectivity index (χ4v) is 5.74. The van der Waals surface area contributed by atoms with E-state index >= 15 is 0 Å². The molecule has 0 unspecified atom stereocenters. The lowest BCUT2D eigenvalue weighted by molar-refractivity contribution is 0.584. The molecule has 8 rings (SSSR count). The van der Waals surface area contributed by atoms with Crippen molar-refractivity contribution in [1.82, 2.24) is 20.4 Å². The lowest BCUT2D eigenvalue weighted by Gasteiger charge is -2.04. The molecule has 0 aliphatic rings. The highest BCUT2D eigenvalue weighted by Gasteiger charge is 2.13. The number of benzene rings is 6. The molecule has 2 aromatic heterocycles. The van der Waals surface area contributed by atoms with Crippen LogP contribution in [0.15, 0.2) is 164 Å². The van der Waals surface area contributed by atoms with Crippen molar-refractivity contribution in [3.8, 4) is 79.2 Å². The summed E-state index contributed by atoms with van der Waals surface area (Å²) in [7, 11) is 0. The molecule has 0 radical (unpaired) electrons. The zero-order valence-electron chi connectivity index (χ0n) is 25.4. The zero-order valence-corrected chi connectivity index (χ0v) is 27.1. The van der Waals surface area contributed by atoms with Gasteiger partial charge in [-0.15, -0.1) is 45.7 Å². The monoisotopic (exact) mass is 658 g/mol. The van der Waals surface area contributed by atoms with Crippen LogP contribution in [0.5, 0.6) is 0 Å². The maximum atomic E-state index is 6.03. The van der Waals surface area contributed by atoms with E-state index in [0.717, 1.165) is 65.4 Å². The van der Waals surface area contributed by atoms with Crippen LogP contribution < -0.4 is 0 Å². The van der Waals surface area contributed by atoms with Crippen LogP contribution in [0.2, 0.25) is 0 Å². The van der Waals surface area contributed by atoms with Crippen molar-refractivity contribution < 1.29 is 8.83 Å². The minimum atomic E-state index is 0.467. The van der Waals surface area contributed by atoms with Crippen LogP contribution in [0, 0.1) is 0 Å². The second kappa shape index (κ2) is 12.8. The van der Waals surface area contributed by atoms with E-state index < -0.39 is 0 Å². The molecule has 8 heteroatoms. The second-order valence-electron chi connectivity index (χ2n) is 11.2. The summed E-state index contributed by atoms with van der Waals surface area (Å²) in [4.78, 5) is 1.87. The molecule has 0 amide bonds. The van der Waals surface area contributed by atoms with Gasteiger partial charge in [0, 0.05) is 32.0 Å². The van der Waals surface area contributed by atoms with Crippen LogP contribution >= 0.6 is 25.3 Å². The van der Waals surface area contributed by atoms with Gasteiger partial charge in [0.05, 0.1) is 0 Å². The van der Waals surface area contributed by atoms with E-state index in [1.54, 1.807) is 0 Å². The van der Waals surface area contributed by atoms with Gasteiger partial charge in [-0.25, -0.2) is 0 Å². The minimum Gasteiger partial charge on any atom is -0.416 e. The summed E-state index contributed by atoms with van der Waals surface area (Å²) in [5.74, 6) is 1.88. The van der Waals surface area contributed by atoms with Crippen LogP contribution in [0.3, 0.4) is 0 Å². The lowest BCUT2D eigenvalue weighted by Crippen LogP contribution is -1.82. The van der Waals surface area contributed by atoms with Crippen molar-refractivity contribution in [3.05, 3.63) is 146 Å². The van der Waals surface area contributed by atoms with Gasteiger partial charge in [0.2, 0.25) is 23.6 Å². The first-order valence-corrected chi connectivity index (χ1v) is 16.1. The van der Waals surface area contributed by atoms with Crippen molar-refractivity contribution in [3.63, 3.8) is 0 Å². The van der Waals surface area contributed by atoms with E-state index in [9.17, 15) is 0 Å². The van der Waals surface area contributed by atoms with Gasteiger partial charge >= 0.3 is 0 Å². The molecule has 0 spiro atoms. The maximum absolute atomic E-state index is 6.03. The Labute approximate surface area is 288 Å². The van der Waals surface area contributed by atoms with Crippen molar-refractivity contribution in [2.45, 2.75) is 9.79 Å². The van der Waals surface area contributed by atoms with E-state index in [1.165, 1.54) is 0 Å². The number of nitrogens with zero attached hydrogens (tertiary/aromatic N) is 4. The molecule has 0 fully saturated rings. The van der Waals surface area contributed by atoms with E-state index in [1.807, 2.05) is 121 Å². The van der Waals surface area contributed by atoms with Gasteiger partial charge in [-0.05, 0) is 106 Å². The van der Waals surface area contributed by atoms with Crippen molar-refractivity contribution >= 4 is 25.3 Å².